The van der Waals surface area contributed by atoms with Crippen LogP contribution in [0.2, 0.25) is 0 Å². The summed E-state index contributed by atoms with van der Waals surface area (Å²) < 4.78 is 11.3. The summed E-state index contributed by atoms with van der Waals surface area (Å²) in [7, 11) is 0. The van der Waals surface area contributed by atoms with Crippen molar-refractivity contribution in [2.24, 2.45) is 0 Å². The number of aromatic nitrogens is 3. The highest BCUT2D eigenvalue weighted by Gasteiger charge is 2.17. The predicted molar refractivity (Wildman–Crippen MR) is 93.4 cm³/mol. The molecule has 124 valence electrons. The van der Waals surface area contributed by atoms with Crippen LogP contribution < -0.4 is 20.1 Å². The number of nitrogens with one attached hydrogen (secondary N) is 3. The second kappa shape index (κ2) is 5.92. The van der Waals surface area contributed by atoms with Crippen molar-refractivity contribution in [3.05, 3.63) is 30.5 Å². The van der Waals surface area contributed by atoms with Gasteiger partial charge in [-0.3, -0.25) is 0 Å². The first-order valence-corrected chi connectivity index (χ1v) is 7.98. The fourth-order valence-electron chi connectivity index (χ4n) is 2.67. The second-order valence-corrected chi connectivity index (χ2v) is 5.89. The summed E-state index contributed by atoms with van der Waals surface area (Å²) in [4.78, 5) is 12.3. The monoisotopic (exact) mass is 325 g/mol. The zero-order valence-corrected chi connectivity index (χ0v) is 13.6. The van der Waals surface area contributed by atoms with E-state index in [4.69, 9.17) is 9.47 Å². The average molecular weight is 325 g/mol. The van der Waals surface area contributed by atoms with Crippen LogP contribution in [0.25, 0.3) is 11.0 Å². The Morgan fingerprint density at radius 2 is 2.00 bits per heavy atom. The van der Waals surface area contributed by atoms with Gasteiger partial charge in [0.15, 0.2) is 11.5 Å². The molecule has 0 atom stereocenters. The average Bonchev–Trinajstić information content (AvgIpc) is 3.03. The van der Waals surface area contributed by atoms with E-state index in [2.05, 4.69) is 39.4 Å². The molecule has 3 aromatic rings. The van der Waals surface area contributed by atoms with Gasteiger partial charge in [-0.2, -0.15) is 9.97 Å². The van der Waals surface area contributed by atoms with Crippen molar-refractivity contribution in [3.8, 4) is 11.5 Å². The fourth-order valence-corrected chi connectivity index (χ4v) is 2.67. The minimum absolute atomic E-state index is 0.270. The number of ether oxygens (including phenoxy) is 2. The van der Waals surface area contributed by atoms with E-state index in [9.17, 15) is 0 Å². The van der Waals surface area contributed by atoms with Gasteiger partial charge in [-0.15, -0.1) is 0 Å². The molecule has 2 aromatic heterocycles. The second-order valence-electron chi connectivity index (χ2n) is 5.89. The standard InChI is InChI=1S/C17H19N5O2/c1-10(2)19-16-11-6-7-18-15(11)21-17(22-16)20-12-4-3-5-13-14(12)24-9-8-23-13/h3-7,10H,8-9H2,1-2H3,(H3,18,19,20,21,22). The van der Waals surface area contributed by atoms with Crippen molar-refractivity contribution < 1.29 is 9.47 Å². The molecule has 7 heteroatoms. The molecule has 7 nitrogen and oxygen atoms in total. The first-order valence-electron chi connectivity index (χ1n) is 7.98. The van der Waals surface area contributed by atoms with Crippen molar-refractivity contribution in [3.63, 3.8) is 0 Å². The number of hydrogen-bond donors (Lipinski definition) is 3. The zero-order valence-electron chi connectivity index (χ0n) is 13.6. The third kappa shape index (κ3) is 2.68. The summed E-state index contributed by atoms with van der Waals surface area (Å²) in [6.45, 7) is 5.24. The predicted octanol–water partition coefficient (Wildman–Crippen LogP) is 3.29. The molecule has 0 radical (unpaired) electrons. The number of H-pyrrole nitrogens is 1. The van der Waals surface area contributed by atoms with E-state index in [1.54, 1.807) is 0 Å². The summed E-state index contributed by atoms with van der Waals surface area (Å²) >= 11 is 0. The minimum Gasteiger partial charge on any atom is -0.486 e. The number of hydrogen-bond acceptors (Lipinski definition) is 6. The Hall–Kier alpha value is -2.96. The zero-order chi connectivity index (χ0) is 16.5. The van der Waals surface area contributed by atoms with Crippen LogP contribution in [0.5, 0.6) is 11.5 Å². The largest absolute Gasteiger partial charge is 0.486 e. The van der Waals surface area contributed by atoms with Crippen LogP contribution in [0, 0.1) is 0 Å². The summed E-state index contributed by atoms with van der Waals surface area (Å²) in [6.07, 6.45) is 1.86. The molecule has 0 unspecified atom stereocenters. The maximum absolute atomic E-state index is 5.73. The Bertz CT molecular complexity index is 875. The quantitative estimate of drug-likeness (QED) is 0.682. The number of anilines is 3. The Morgan fingerprint density at radius 3 is 2.88 bits per heavy atom. The topological polar surface area (TPSA) is 84.1 Å². The summed E-state index contributed by atoms with van der Waals surface area (Å²) in [6, 6.07) is 7.96. The van der Waals surface area contributed by atoms with E-state index in [1.807, 2.05) is 30.5 Å². The summed E-state index contributed by atoms with van der Waals surface area (Å²) in [5, 5.41) is 7.56. The Balaban J connectivity index is 1.72. The minimum atomic E-state index is 0.270. The highest BCUT2D eigenvalue weighted by molar-refractivity contribution is 5.88. The number of nitrogens with zero attached hydrogens (tertiary/aromatic N) is 2. The summed E-state index contributed by atoms with van der Waals surface area (Å²) in [5.74, 6) is 2.71. The van der Waals surface area contributed by atoms with Crippen LogP contribution in [0.1, 0.15) is 13.8 Å². The van der Waals surface area contributed by atoms with Gasteiger partial charge in [0, 0.05) is 12.2 Å². The molecule has 3 N–H and O–H groups in total. The van der Waals surface area contributed by atoms with E-state index in [1.165, 1.54) is 0 Å². The molecule has 0 saturated heterocycles. The van der Waals surface area contributed by atoms with Gasteiger partial charge >= 0.3 is 0 Å². The number of rotatable bonds is 4. The van der Waals surface area contributed by atoms with Gasteiger partial charge in [0.25, 0.3) is 0 Å². The molecular formula is C17H19N5O2. The normalized spacial score (nSPS) is 13.3. The van der Waals surface area contributed by atoms with Crippen LogP contribution in [-0.4, -0.2) is 34.2 Å². The van der Waals surface area contributed by atoms with Crippen LogP contribution in [-0.2, 0) is 0 Å². The van der Waals surface area contributed by atoms with Crippen molar-refractivity contribution >= 4 is 28.5 Å². The molecule has 4 rings (SSSR count). The lowest BCUT2D eigenvalue weighted by Crippen LogP contribution is -2.16. The van der Waals surface area contributed by atoms with E-state index in [0.29, 0.717) is 24.9 Å². The molecule has 24 heavy (non-hydrogen) atoms. The molecule has 0 bridgehead atoms. The molecular weight excluding hydrogens is 306 g/mol. The van der Waals surface area contributed by atoms with Crippen molar-refractivity contribution in [2.45, 2.75) is 19.9 Å². The highest BCUT2D eigenvalue weighted by atomic mass is 16.6. The molecule has 0 fully saturated rings. The van der Waals surface area contributed by atoms with E-state index in [-0.39, 0.29) is 6.04 Å². The van der Waals surface area contributed by atoms with Gasteiger partial charge in [0.2, 0.25) is 5.95 Å². The molecule has 0 amide bonds. The lowest BCUT2D eigenvalue weighted by atomic mass is 10.2. The van der Waals surface area contributed by atoms with Gasteiger partial charge in [-0.05, 0) is 32.0 Å². The van der Waals surface area contributed by atoms with Crippen molar-refractivity contribution in [1.29, 1.82) is 0 Å². The Kier molecular flexibility index (Phi) is 3.60. The Morgan fingerprint density at radius 1 is 1.12 bits per heavy atom. The van der Waals surface area contributed by atoms with E-state index >= 15 is 0 Å². The third-order valence-electron chi connectivity index (χ3n) is 3.65. The molecule has 1 aliphatic rings. The number of para-hydroxylation sites is 1. The summed E-state index contributed by atoms with van der Waals surface area (Å²) in [5.41, 5.74) is 1.56. The van der Waals surface area contributed by atoms with Crippen LogP contribution in [0.3, 0.4) is 0 Å². The van der Waals surface area contributed by atoms with Gasteiger partial charge in [-0.1, -0.05) is 6.07 Å². The molecule has 1 aromatic carbocycles. The molecule has 1 aliphatic heterocycles. The van der Waals surface area contributed by atoms with Gasteiger partial charge in [-0.25, -0.2) is 0 Å². The van der Waals surface area contributed by atoms with Crippen LogP contribution >= 0.6 is 0 Å². The van der Waals surface area contributed by atoms with Crippen LogP contribution in [0.4, 0.5) is 17.5 Å². The fraction of sp³-hybridized carbons (Fsp3) is 0.294. The number of fused-ring (bicyclic) bond motifs is 2. The smallest absolute Gasteiger partial charge is 0.231 e. The lowest BCUT2D eigenvalue weighted by Gasteiger charge is -2.21. The highest BCUT2D eigenvalue weighted by Crippen LogP contribution is 2.38. The van der Waals surface area contributed by atoms with Crippen molar-refractivity contribution in [1.82, 2.24) is 15.0 Å². The SMILES string of the molecule is CC(C)Nc1nc(Nc2cccc3c2OCCO3)nc2[nH]ccc12. The maximum Gasteiger partial charge on any atom is 0.231 e. The maximum atomic E-state index is 5.73. The molecule has 0 spiro atoms. The lowest BCUT2D eigenvalue weighted by molar-refractivity contribution is 0.172. The van der Waals surface area contributed by atoms with E-state index < -0.39 is 0 Å². The third-order valence-corrected chi connectivity index (χ3v) is 3.65. The van der Waals surface area contributed by atoms with E-state index in [0.717, 1.165) is 28.3 Å². The van der Waals surface area contributed by atoms with Crippen molar-refractivity contribution in [2.75, 3.05) is 23.8 Å². The Labute approximate surface area is 139 Å². The van der Waals surface area contributed by atoms with Gasteiger partial charge < -0.3 is 25.1 Å². The van der Waals surface area contributed by atoms with Gasteiger partial charge in [0.05, 0.1) is 11.1 Å². The number of benzene rings is 1. The molecule has 0 saturated carbocycles. The molecule has 0 aliphatic carbocycles. The molecule has 3 heterocycles. The first-order chi connectivity index (χ1) is 11.7. The van der Waals surface area contributed by atoms with Crippen LogP contribution in [0.15, 0.2) is 30.5 Å². The van der Waals surface area contributed by atoms with Gasteiger partial charge in [0.1, 0.15) is 24.7 Å². The number of aromatic amines is 1. The first kappa shape index (κ1) is 14.6.